The predicted octanol–water partition coefficient (Wildman–Crippen LogP) is 1.77. The van der Waals surface area contributed by atoms with E-state index in [1.54, 1.807) is 0 Å². The summed E-state index contributed by atoms with van der Waals surface area (Å²) in [6, 6.07) is 1.81. The van der Waals surface area contributed by atoms with Crippen molar-refractivity contribution >= 4 is 21.8 Å². The second-order valence-electron chi connectivity index (χ2n) is 3.52. The maximum atomic E-state index is 11.8. The van der Waals surface area contributed by atoms with Gasteiger partial charge in [0.1, 0.15) is 5.69 Å². The van der Waals surface area contributed by atoms with E-state index < -0.39 is 0 Å². The number of nitrogens with one attached hydrogen (secondary N) is 1. The summed E-state index contributed by atoms with van der Waals surface area (Å²) in [5, 5.41) is 11.4. The molecule has 1 rings (SSSR count). The number of aryl methyl sites for hydroxylation is 1. The molecule has 5 heteroatoms. The van der Waals surface area contributed by atoms with Crippen LogP contribution in [0.1, 0.15) is 30.3 Å². The highest BCUT2D eigenvalue weighted by molar-refractivity contribution is 9.10. The fourth-order valence-electron chi connectivity index (χ4n) is 1.46. The molecule has 1 heterocycles. The van der Waals surface area contributed by atoms with Crippen molar-refractivity contribution in [3.05, 3.63) is 22.4 Å². The molecule has 90 valence electrons. The maximum absolute atomic E-state index is 11.8. The third-order valence-electron chi connectivity index (χ3n) is 2.31. The SMILES string of the molecule is CCn1cc(Br)cc1C(=O)NCCCCO. The molecule has 0 aliphatic rings. The van der Waals surface area contributed by atoms with Crippen LogP contribution in [-0.2, 0) is 6.54 Å². The fourth-order valence-corrected chi connectivity index (χ4v) is 1.92. The Kier molecular flexibility index (Phi) is 5.55. The fraction of sp³-hybridized carbons (Fsp3) is 0.545. The highest BCUT2D eigenvalue weighted by Crippen LogP contribution is 2.14. The van der Waals surface area contributed by atoms with Gasteiger partial charge >= 0.3 is 0 Å². The molecule has 2 N–H and O–H groups in total. The summed E-state index contributed by atoms with van der Waals surface area (Å²) in [5.74, 6) is -0.0644. The van der Waals surface area contributed by atoms with E-state index in [-0.39, 0.29) is 12.5 Å². The first-order valence-electron chi connectivity index (χ1n) is 5.43. The zero-order valence-corrected chi connectivity index (χ0v) is 11.0. The van der Waals surface area contributed by atoms with Gasteiger partial charge < -0.3 is 15.0 Å². The van der Waals surface area contributed by atoms with Crippen LogP contribution in [0.25, 0.3) is 0 Å². The van der Waals surface area contributed by atoms with Crippen molar-refractivity contribution in [3.8, 4) is 0 Å². The van der Waals surface area contributed by atoms with Gasteiger partial charge in [-0.1, -0.05) is 0 Å². The summed E-state index contributed by atoms with van der Waals surface area (Å²) in [5.41, 5.74) is 0.665. The predicted molar refractivity (Wildman–Crippen MR) is 66.5 cm³/mol. The standard InChI is InChI=1S/C11H17BrN2O2/c1-2-14-8-9(12)7-10(14)11(16)13-5-3-4-6-15/h7-8,15H,2-6H2,1H3,(H,13,16). The molecule has 0 fully saturated rings. The van der Waals surface area contributed by atoms with Crippen molar-refractivity contribution in [1.82, 2.24) is 9.88 Å². The molecule has 0 atom stereocenters. The van der Waals surface area contributed by atoms with Gasteiger partial charge in [-0.15, -0.1) is 0 Å². The second kappa shape index (κ2) is 6.70. The van der Waals surface area contributed by atoms with E-state index in [4.69, 9.17) is 5.11 Å². The minimum Gasteiger partial charge on any atom is -0.396 e. The number of nitrogens with zero attached hydrogens (tertiary/aromatic N) is 1. The van der Waals surface area contributed by atoms with Crippen molar-refractivity contribution in [1.29, 1.82) is 0 Å². The second-order valence-corrected chi connectivity index (χ2v) is 4.43. The van der Waals surface area contributed by atoms with Crippen molar-refractivity contribution in [2.75, 3.05) is 13.2 Å². The molecule has 0 spiro atoms. The van der Waals surface area contributed by atoms with Crippen molar-refractivity contribution < 1.29 is 9.90 Å². The lowest BCUT2D eigenvalue weighted by molar-refractivity contribution is 0.0943. The Hall–Kier alpha value is -0.810. The quantitative estimate of drug-likeness (QED) is 0.784. The molecule has 16 heavy (non-hydrogen) atoms. The normalized spacial score (nSPS) is 10.4. The lowest BCUT2D eigenvalue weighted by Crippen LogP contribution is -2.26. The summed E-state index contributed by atoms with van der Waals surface area (Å²) in [6.07, 6.45) is 3.41. The van der Waals surface area contributed by atoms with E-state index in [2.05, 4.69) is 21.2 Å². The number of hydrogen-bond donors (Lipinski definition) is 2. The molecule has 0 aliphatic heterocycles. The van der Waals surface area contributed by atoms with Crippen molar-refractivity contribution in [3.63, 3.8) is 0 Å². The number of rotatable bonds is 6. The number of amides is 1. The van der Waals surface area contributed by atoms with Crippen LogP contribution in [0.2, 0.25) is 0 Å². The van der Waals surface area contributed by atoms with Gasteiger partial charge in [0.2, 0.25) is 0 Å². The molecule has 0 aromatic carbocycles. The Balaban J connectivity index is 2.51. The van der Waals surface area contributed by atoms with Gasteiger partial charge in [0.05, 0.1) is 0 Å². The Morgan fingerprint density at radius 1 is 1.56 bits per heavy atom. The van der Waals surface area contributed by atoms with Gasteiger partial charge in [-0.25, -0.2) is 0 Å². The van der Waals surface area contributed by atoms with E-state index in [9.17, 15) is 4.79 Å². The lowest BCUT2D eigenvalue weighted by Gasteiger charge is -2.07. The van der Waals surface area contributed by atoms with E-state index >= 15 is 0 Å². The van der Waals surface area contributed by atoms with Crippen LogP contribution in [0.5, 0.6) is 0 Å². The van der Waals surface area contributed by atoms with Crippen LogP contribution in [-0.4, -0.2) is 28.7 Å². The van der Waals surface area contributed by atoms with Gasteiger partial charge in [-0.2, -0.15) is 0 Å². The monoisotopic (exact) mass is 288 g/mol. The van der Waals surface area contributed by atoms with Gasteiger partial charge in [0.15, 0.2) is 0 Å². The average molecular weight is 289 g/mol. The number of hydrogen-bond acceptors (Lipinski definition) is 2. The summed E-state index contributed by atoms with van der Waals surface area (Å²) in [6.45, 7) is 3.54. The molecule has 0 saturated carbocycles. The van der Waals surface area contributed by atoms with Gasteiger partial charge in [0, 0.05) is 30.4 Å². The van der Waals surface area contributed by atoms with Crippen molar-refractivity contribution in [2.45, 2.75) is 26.3 Å². The number of carbonyl (C=O) groups excluding carboxylic acids is 1. The van der Waals surface area contributed by atoms with E-state index in [1.165, 1.54) is 0 Å². The highest BCUT2D eigenvalue weighted by Gasteiger charge is 2.11. The van der Waals surface area contributed by atoms with Crippen LogP contribution < -0.4 is 5.32 Å². The Morgan fingerprint density at radius 3 is 2.94 bits per heavy atom. The zero-order valence-electron chi connectivity index (χ0n) is 9.37. The Labute approximate surface area is 104 Å². The third kappa shape index (κ3) is 3.64. The summed E-state index contributed by atoms with van der Waals surface area (Å²) >= 11 is 3.35. The number of aromatic nitrogens is 1. The highest BCUT2D eigenvalue weighted by atomic mass is 79.9. The van der Waals surface area contributed by atoms with Gasteiger partial charge in [-0.05, 0) is 41.8 Å². The molecular formula is C11H17BrN2O2. The number of halogens is 1. The molecule has 0 saturated heterocycles. The number of aliphatic hydroxyl groups excluding tert-OH is 1. The van der Waals surface area contributed by atoms with Crippen LogP contribution in [0.15, 0.2) is 16.7 Å². The topological polar surface area (TPSA) is 54.3 Å². The van der Waals surface area contributed by atoms with Gasteiger partial charge in [0.25, 0.3) is 5.91 Å². The molecule has 0 aliphatic carbocycles. The van der Waals surface area contributed by atoms with Crippen LogP contribution in [0.3, 0.4) is 0 Å². The lowest BCUT2D eigenvalue weighted by atomic mass is 10.3. The van der Waals surface area contributed by atoms with Crippen LogP contribution >= 0.6 is 15.9 Å². The third-order valence-corrected chi connectivity index (χ3v) is 2.74. The van der Waals surface area contributed by atoms with Crippen LogP contribution in [0.4, 0.5) is 0 Å². The van der Waals surface area contributed by atoms with E-state index in [1.807, 2.05) is 23.8 Å². The molecule has 0 unspecified atom stereocenters. The van der Waals surface area contributed by atoms with Gasteiger partial charge in [-0.3, -0.25) is 4.79 Å². The first-order chi connectivity index (χ1) is 7.69. The number of aliphatic hydroxyl groups is 1. The number of carbonyl (C=O) groups is 1. The average Bonchev–Trinajstić information content (AvgIpc) is 2.65. The first-order valence-corrected chi connectivity index (χ1v) is 6.23. The van der Waals surface area contributed by atoms with E-state index in [0.717, 1.165) is 23.9 Å². The number of unbranched alkanes of at least 4 members (excludes halogenated alkanes) is 1. The molecular weight excluding hydrogens is 272 g/mol. The summed E-state index contributed by atoms with van der Waals surface area (Å²) < 4.78 is 2.81. The smallest absolute Gasteiger partial charge is 0.267 e. The molecule has 0 radical (unpaired) electrons. The molecule has 4 nitrogen and oxygen atoms in total. The first kappa shape index (κ1) is 13.3. The minimum atomic E-state index is -0.0644. The maximum Gasteiger partial charge on any atom is 0.267 e. The van der Waals surface area contributed by atoms with Crippen molar-refractivity contribution in [2.24, 2.45) is 0 Å². The zero-order chi connectivity index (χ0) is 12.0. The Morgan fingerprint density at radius 2 is 2.31 bits per heavy atom. The largest absolute Gasteiger partial charge is 0.396 e. The summed E-state index contributed by atoms with van der Waals surface area (Å²) in [4.78, 5) is 11.8. The molecule has 0 bridgehead atoms. The molecule has 1 aromatic heterocycles. The van der Waals surface area contributed by atoms with Crippen LogP contribution in [0, 0.1) is 0 Å². The van der Waals surface area contributed by atoms with E-state index in [0.29, 0.717) is 12.2 Å². The molecule has 1 amide bonds. The Bertz CT molecular complexity index is 350. The molecule has 1 aromatic rings. The minimum absolute atomic E-state index is 0.0644. The summed E-state index contributed by atoms with van der Waals surface area (Å²) in [7, 11) is 0.